The lowest BCUT2D eigenvalue weighted by atomic mass is 10.1. The second-order valence-corrected chi connectivity index (χ2v) is 5.14. The molecule has 0 atom stereocenters. The SMILES string of the molecule is CC(C)NC(=O)c1ccc(NC(=O)c2ccccc2F)cc1. The Balaban J connectivity index is 2.07. The lowest BCUT2D eigenvalue weighted by molar-refractivity contribution is 0.0942. The predicted molar refractivity (Wildman–Crippen MR) is 83.4 cm³/mol. The zero-order chi connectivity index (χ0) is 16.1. The number of nitrogens with one attached hydrogen (secondary N) is 2. The number of rotatable bonds is 4. The summed E-state index contributed by atoms with van der Waals surface area (Å²) in [6, 6.07) is 12.2. The van der Waals surface area contributed by atoms with E-state index < -0.39 is 11.7 Å². The minimum absolute atomic E-state index is 0.0240. The van der Waals surface area contributed by atoms with Gasteiger partial charge in [-0.25, -0.2) is 4.39 Å². The first kappa shape index (κ1) is 15.7. The Kier molecular flexibility index (Phi) is 4.88. The van der Waals surface area contributed by atoms with Gasteiger partial charge in [0.05, 0.1) is 5.56 Å². The molecule has 0 saturated heterocycles. The molecule has 2 aromatic rings. The minimum atomic E-state index is -0.576. The minimum Gasteiger partial charge on any atom is -0.350 e. The van der Waals surface area contributed by atoms with Crippen LogP contribution in [-0.4, -0.2) is 17.9 Å². The number of carbonyl (C=O) groups is 2. The molecule has 0 fully saturated rings. The first-order valence-corrected chi connectivity index (χ1v) is 6.94. The highest BCUT2D eigenvalue weighted by atomic mass is 19.1. The number of anilines is 1. The number of hydrogen-bond acceptors (Lipinski definition) is 2. The van der Waals surface area contributed by atoms with Crippen LogP contribution in [0.4, 0.5) is 10.1 Å². The fraction of sp³-hybridized carbons (Fsp3) is 0.176. The maximum Gasteiger partial charge on any atom is 0.258 e. The van der Waals surface area contributed by atoms with Crippen LogP contribution in [0.15, 0.2) is 48.5 Å². The normalized spacial score (nSPS) is 10.4. The molecule has 0 aliphatic carbocycles. The standard InChI is InChI=1S/C17H17FN2O2/c1-11(2)19-16(21)12-7-9-13(10-8-12)20-17(22)14-5-3-4-6-15(14)18/h3-11H,1-2H3,(H,19,21)(H,20,22). The number of amides is 2. The topological polar surface area (TPSA) is 58.2 Å². The zero-order valence-electron chi connectivity index (χ0n) is 12.4. The Morgan fingerprint density at radius 1 is 0.955 bits per heavy atom. The van der Waals surface area contributed by atoms with Gasteiger partial charge in [0.25, 0.3) is 11.8 Å². The van der Waals surface area contributed by atoms with E-state index >= 15 is 0 Å². The van der Waals surface area contributed by atoms with E-state index in [9.17, 15) is 14.0 Å². The molecule has 114 valence electrons. The van der Waals surface area contributed by atoms with Crippen LogP contribution in [0.25, 0.3) is 0 Å². The van der Waals surface area contributed by atoms with E-state index in [1.165, 1.54) is 18.2 Å². The van der Waals surface area contributed by atoms with Crippen LogP contribution < -0.4 is 10.6 Å². The van der Waals surface area contributed by atoms with Gasteiger partial charge in [-0.05, 0) is 50.2 Å². The van der Waals surface area contributed by atoms with E-state index in [1.807, 2.05) is 13.8 Å². The Labute approximate surface area is 128 Å². The fourth-order valence-electron chi connectivity index (χ4n) is 1.89. The zero-order valence-corrected chi connectivity index (χ0v) is 12.4. The highest BCUT2D eigenvalue weighted by molar-refractivity contribution is 6.04. The molecule has 0 saturated carbocycles. The number of hydrogen-bond donors (Lipinski definition) is 2. The Bertz CT molecular complexity index is 681. The monoisotopic (exact) mass is 300 g/mol. The van der Waals surface area contributed by atoms with Gasteiger partial charge in [0, 0.05) is 17.3 Å². The Morgan fingerprint density at radius 2 is 1.59 bits per heavy atom. The van der Waals surface area contributed by atoms with Gasteiger partial charge in [0.1, 0.15) is 5.82 Å². The molecular formula is C17H17FN2O2. The number of benzene rings is 2. The second-order valence-electron chi connectivity index (χ2n) is 5.14. The largest absolute Gasteiger partial charge is 0.350 e. The lowest BCUT2D eigenvalue weighted by Crippen LogP contribution is -2.30. The van der Waals surface area contributed by atoms with Gasteiger partial charge in [-0.15, -0.1) is 0 Å². The van der Waals surface area contributed by atoms with Crippen molar-refractivity contribution in [3.05, 3.63) is 65.5 Å². The van der Waals surface area contributed by atoms with Crippen LogP contribution in [0.5, 0.6) is 0 Å². The molecule has 22 heavy (non-hydrogen) atoms. The number of carbonyl (C=O) groups excluding carboxylic acids is 2. The van der Waals surface area contributed by atoms with Crippen molar-refractivity contribution in [2.45, 2.75) is 19.9 Å². The molecule has 2 rings (SSSR count). The van der Waals surface area contributed by atoms with Crippen molar-refractivity contribution in [2.75, 3.05) is 5.32 Å². The average Bonchev–Trinajstić information content (AvgIpc) is 2.47. The van der Waals surface area contributed by atoms with Gasteiger partial charge in [-0.2, -0.15) is 0 Å². The first-order valence-electron chi connectivity index (χ1n) is 6.94. The molecule has 0 radical (unpaired) electrons. The van der Waals surface area contributed by atoms with Gasteiger partial charge >= 0.3 is 0 Å². The molecule has 2 aromatic carbocycles. The summed E-state index contributed by atoms with van der Waals surface area (Å²) in [5.41, 5.74) is 0.969. The third-order valence-electron chi connectivity index (χ3n) is 2.94. The van der Waals surface area contributed by atoms with Crippen molar-refractivity contribution in [3.8, 4) is 0 Å². The quantitative estimate of drug-likeness (QED) is 0.911. The lowest BCUT2D eigenvalue weighted by Gasteiger charge is -2.09. The van der Waals surface area contributed by atoms with E-state index in [0.717, 1.165) is 0 Å². The van der Waals surface area contributed by atoms with Crippen LogP contribution in [0.2, 0.25) is 0 Å². The van der Waals surface area contributed by atoms with Crippen LogP contribution in [0.3, 0.4) is 0 Å². The maximum absolute atomic E-state index is 13.5. The van der Waals surface area contributed by atoms with Crippen molar-refractivity contribution in [3.63, 3.8) is 0 Å². The smallest absolute Gasteiger partial charge is 0.258 e. The van der Waals surface area contributed by atoms with Crippen molar-refractivity contribution < 1.29 is 14.0 Å². The molecule has 0 unspecified atom stereocenters. The van der Waals surface area contributed by atoms with Crippen LogP contribution in [0.1, 0.15) is 34.6 Å². The summed E-state index contributed by atoms with van der Waals surface area (Å²) in [4.78, 5) is 23.8. The second kappa shape index (κ2) is 6.85. The molecule has 0 heterocycles. The summed E-state index contributed by atoms with van der Waals surface area (Å²) in [6.07, 6.45) is 0. The molecule has 2 amide bonds. The average molecular weight is 300 g/mol. The summed E-state index contributed by atoms with van der Waals surface area (Å²) >= 11 is 0. The van der Waals surface area contributed by atoms with Gasteiger partial charge in [0.2, 0.25) is 0 Å². The van der Waals surface area contributed by atoms with Gasteiger partial charge < -0.3 is 10.6 Å². The van der Waals surface area contributed by atoms with E-state index in [-0.39, 0.29) is 17.5 Å². The number of halogens is 1. The van der Waals surface area contributed by atoms with E-state index in [0.29, 0.717) is 11.3 Å². The van der Waals surface area contributed by atoms with Crippen LogP contribution >= 0.6 is 0 Å². The molecule has 0 aliphatic rings. The Morgan fingerprint density at radius 3 is 2.18 bits per heavy atom. The third kappa shape index (κ3) is 3.91. The van der Waals surface area contributed by atoms with Crippen LogP contribution in [-0.2, 0) is 0 Å². The third-order valence-corrected chi connectivity index (χ3v) is 2.94. The maximum atomic E-state index is 13.5. The first-order chi connectivity index (χ1) is 10.5. The van der Waals surface area contributed by atoms with Crippen molar-refractivity contribution in [2.24, 2.45) is 0 Å². The van der Waals surface area contributed by atoms with Gasteiger partial charge in [0.15, 0.2) is 0 Å². The van der Waals surface area contributed by atoms with E-state index in [4.69, 9.17) is 0 Å². The van der Waals surface area contributed by atoms with Gasteiger partial charge in [-0.1, -0.05) is 12.1 Å². The Hall–Kier alpha value is -2.69. The molecule has 0 bridgehead atoms. The highest BCUT2D eigenvalue weighted by Crippen LogP contribution is 2.13. The molecule has 0 spiro atoms. The summed E-state index contributed by atoms with van der Waals surface area (Å²) in [5, 5.41) is 5.37. The molecule has 5 heteroatoms. The van der Waals surface area contributed by atoms with E-state index in [2.05, 4.69) is 10.6 Å². The van der Waals surface area contributed by atoms with Crippen molar-refractivity contribution in [1.82, 2.24) is 5.32 Å². The van der Waals surface area contributed by atoms with Crippen molar-refractivity contribution in [1.29, 1.82) is 0 Å². The summed E-state index contributed by atoms with van der Waals surface area (Å²) in [7, 11) is 0. The van der Waals surface area contributed by atoms with Crippen molar-refractivity contribution >= 4 is 17.5 Å². The molecule has 0 aromatic heterocycles. The van der Waals surface area contributed by atoms with Gasteiger partial charge in [-0.3, -0.25) is 9.59 Å². The molecule has 2 N–H and O–H groups in total. The molecule has 0 aliphatic heterocycles. The summed E-state index contributed by atoms with van der Waals surface area (Å²) in [6.45, 7) is 3.75. The van der Waals surface area contributed by atoms with E-state index in [1.54, 1.807) is 30.3 Å². The van der Waals surface area contributed by atoms with Crippen LogP contribution in [0, 0.1) is 5.82 Å². The molecular weight excluding hydrogens is 283 g/mol. The summed E-state index contributed by atoms with van der Waals surface area (Å²) in [5.74, 6) is -1.28. The highest BCUT2D eigenvalue weighted by Gasteiger charge is 2.11. The summed E-state index contributed by atoms with van der Waals surface area (Å²) < 4.78 is 13.5. The fourth-order valence-corrected chi connectivity index (χ4v) is 1.89. The molecule has 4 nitrogen and oxygen atoms in total. The predicted octanol–water partition coefficient (Wildman–Crippen LogP) is 3.22.